The molecule has 0 saturated carbocycles. The van der Waals surface area contributed by atoms with Crippen molar-refractivity contribution < 1.29 is 68.1 Å². The molecule has 3 aromatic heterocycles. The summed E-state index contributed by atoms with van der Waals surface area (Å²) < 4.78 is 23.2. The molecule has 6 aromatic carbocycles. The number of aryl methyl sites for hydroxylation is 3. The van der Waals surface area contributed by atoms with Crippen molar-refractivity contribution in [3.8, 4) is 17.2 Å². The molecule has 3 aliphatic rings. The molecular formula is C74H80N12O14. The summed E-state index contributed by atoms with van der Waals surface area (Å²) in [6.07, 6.45) is -0.594. The van der Waals surface area contributed by atoms with Gasteiger partial charge in [-0.15, -0.1) is 0 Å². The predicted molar refractivity (Wildman–Crippen MR) is 369 cm³/mol. The number of carbonyl (C=O) groups is 7. The molecule has 9 aromatic rings. The molecule has 7 amide bonds. The molecule has 12 rings (SSSR count). The van der Waals surface area contributed by atoms with Crippen LogP contribution in [0.25, 0.3) is 32.7 Å². The third kappa shape index (κ3) is 18.5. The molecule has 3 saturated heterocycles. The van der Waals surface area contributed by atoms with Crippen molar-refractivity contribution in [2.75, 3.05) is 39.3 Å². The van der Waals surface area contributed by atoms with Crippen LogP contribution in [-0.2, 0) is 38.9 Å². The Morgan fingerprint density at radius 1 is 0.440 bits per heavy atom. The topological polar surface area (TPSA) is 355 Å². The van der Waals surface area contributed by atoms with E-state index >= 15 is 0 Å². The fraction of sp³-hybridized carbons (Fsp3) is 0.297. The molecule has 6 atom stereocenters. The molecule has 0 aliphatic carbocycles. The van der Waals surface area contributed by atoms with Crippen LogP contribution in [0.5, 0.6) is 17.2 Å². The van der Waals surface area contributed by atoms with E-state index in [4.69, 9.17) is 34.6 Å². The SMILES string of the molecule is Cc1cc(COc2ccc(C(=O)N[C@@H]3CN(C(=O)OC(C)(C)C)C[C@@H]3C(=O)NO)cc2)c2ccccc2n1.Cc1cc(COc2ccc(C(=O)N[C@@H]3CNC[C@@H]3C(=O)NO)cc2)c2ccccc2n1.Cc1cc(COc2ccc(C(=O)N[C@@H]3CNC[C@H]3C(=O)NO)cc2)c2ccccc2n1. The van der Waals surface area contributed by atoms with E-state index in [1.54, 1.807) is 110 Å². The summed E-state index contributed by atoms with van der Waals surface area (Å²) in [5, 5.41) is 44.5. The minimum atomic E-state index is -0.835. The molecular weight excluding hydrogens is 1280 g/mol. The van der Waals surface area contributed by atoms with Gasteiger partial charge in [-0.3, -0.25) is 59.3 Å². The monoisotopic (exact) mass is 1360 g/mol. The van der Waals surface area contributed by atoms with E-state index in [1.807, 2.05) is 112 Å². The number of amides is 7. The standard InChI is InChI=1S/C28H32N4O6.2C23H24N4O4/c1-17-13-19(21-7-5-6-8-23(21)29-17)16-37-20-11-9-18(10-12-20)25(33)30-24-15-32(14-22(24)26(34)31-36)27(35)38-28(2,3)4;2*1-14-10-16(18-4-2-3-5-20(18)25-14)13-31-17-8-6-15(7-9-17)22(28)26-21-12-24-11-19(21)23(29)27-30/h5-13,22,24,36H,14-16H2,1-4H3,(H,30,33)(H,31,34);2*2-10,19,21,24,30H,11-13H2,1H3,(H,26,28)(H,27,29)/t22-,24+;19-,21+;19-,21-/m001/s1. The fourth-order valence-corrected chi connectivity index (χ4v) is 12.0. The van der Waals surface area contributed by atoms with Gasteiger partial charge in [0.25, 0.3) is 17.7 Å². The van der Waals surface area contributed by atoms with Crippen molar-refractivity contribution in [3.05, 3.63) is 214 Å². The smallest absolute Gasteiger partial charge is 0.410 e. The number of benzene rings is 6. The number of fused-ring (bicyclic) bond motifs is 3. The first kappa shape index (κ1) is 71.6. The van der Waals surface area contributed by atoms with Crippen molar-refractivity contribution in [1.29, 1.82) is 0 Å². The highest BCUT2D eigenvalue weighted by Gasteiger charge is 2.42. The second kappa shape index (κ2) is 32.9. The summed E-state index contributed by atoms with van der Waals surface area (Å²) in [7, 11) is 0. The largest absolute Gasteiger partial charge is 0.489 e. The van der Waals surface area contributed by atoms with Gasteiger partial charge in [0.1, 0.15) is 42.7 Å². The highest BCUT2D eigenvalue weighted by atomic mass is 16.6. The number of hydrogen-bond donors (Lipinski definition) is 11. The molecule has 3 fully saturated rings. The van der Waals surface area contributed by atoms with Gasteiger partial charge in [-0.25, -0.2) is 21.2 Å². The molecule has 520 valence electrons. The Labute approximate surface area is 576 Å². The number of pyridine rings is 3. The first-order chi connectivity index (χ1) is 48.1. The van der Waals surface area contributed by atoms with Gasteiger partial charge in [-0.2, -0.15) is 0 Å². The summed E-state index contributed by atoms with van der Waals surface area (Å²) in [5.41, 5.74) is 14.1. The summed E-state index contributed by atoms with van der Waals surface area (Å²) in [4.78, 5) is 101. The van der Waals surface area contributed by atoms with Crippen LogP contribution in [-0.4, -0.2) is 140 Å². The average molecular weight is 1360 g/mol. The Morgan fingerprint density at radius 2 is 0.760 bits per heavy atom. The van der Waals surface area contributed by atoms with Crippen molar-refractivity contribution in [3.63, 3.8) is 0 Å². The Hall–Kier alpha value is -11.2. The lowest BCUT2D eigenvalue weighted by molar-refractivity contribution is -0.134. The van der Waals surface area contributed by atoms with E-state index < -0.39 is 71.2 Å². The lowest BCUT2D eigenvalue weighted by Crippen LogP contribution is -2.45. The van der Waals surface area contributed by atoms with Crippen LogP contribution in [0.15, 0.2) is 164 Å². The molecule has 100 heavy (non-hydrogen) atoms. The van der Waals surface area contributed by atoms with Crippen molar-refractivity contribution in [1.82, 2.24) is 62.9 Å². The minimum Gasteiger partial charge on any atom is -0.489 e. The van der Waals surface area contributed by atoms with Gasteiger partial charge in [0, 0.05) is 106 Å². The Morgan fingerprint density at radius 3 is 1.09 bits per heavy atom. The maximum absolute atomic E-state index is 12.9. The van der Waals surface area contributed by atoms with E-state index in [-0.39, 0.29) is 24.9 Å². The van der Waals surface area contributed by atoms with Crippen LogP contribution < -0.4 is 57.2 Å². The molecule has 0 radical (unpaired) electrons. The Bertz CT molecular complexity index is 4250. The lowest BCUT2D eigenvalue weighted by atomic mass is 10.0. The fourth-order valence-electron chi connectivity index (χ4n) is 12.0. The van der Waals surface area contributed by atoms with Crippen LogP contribution in [0.3, 0.4) is 0 Å². The van der Waals surface area contributed by atoms with Gasteiger partial charge in [0.05, 0.1) is 52.4 Å². The number of para-hydroxylation sites is 3. The quantitative estimate of drug-likeness (QED) is 0.0293. The second-order valence-corrected chi connectivity index (χ2v) is 25.4. The summed E-state index contributed by atoms with van der Waals surface area (Å²) >= 11 is 0. The average Bonchev–Trinajstić information content (AvgIpc) is 0.846. The van der Waals surface area contributed by atoms with E-state index in [0.29, 0.717) is 79.9 Å². The highest BCUT2D eigenvalue weighted by molar-refractivity contribution is 5.97. The van der Waals surface area contributed by atoms with E-state index in [1.165, 1.54) is 4.90 Å². The van der Waals surface area contributed by atoms with Crippen LogP contribution in [0.4, 0.5) is 4.79 Å². The number of hydroxylamine groups is 3. The summed E-state index contributed by atoms with van der Waals surface area (Å²) in [5.74, 6) is -2.69. The van der Waals surface area contributed by atoms with Crippen molar-refractivity contribution in [2.24, 2.45) is 17.8 Å². The molecule has 0 spiro atoms. The normalized spacial score (nSPS) is 17.7. The highest BCUT2D eigenvalue weighted by Crippen LogP contribution is 2.27. The van der Waals surface area contributed by atoms with E-state index in [9.17, 15) is 33.6 Å². The number of ether oxygens (including phenoxy) is 4. The maximum atomic E-state index is 12.9. The van der Waals surface area contributed by atoms with Crippen molar-refractivity contribution >= 4 is 74.2 Å². The van der Waals surface area contributed by atoms with Gasteiger partial charge in [0.15, 0.2) is 0 Å². The number of aromatic nitrogens is 3. The van der Waals surface area contributed by atoms with Gasteiger partial charge in [0.2, 0.25) is 17.7 Å². The van der Waals surface area contributed by atoms with Gasteiger partial charge in [-0.05, 0) is 151 Å². The summed E-state index contributed by atoms with van der Waals surface area (Å²) in [6.45, 7) is 14.0. The zero-order chi connectivity index (χ0) is 71.0. The number of hydrogen-bond acceptors (Lipinski definition) is 19. The molecule has 26 heteroatoms. The zero-order valence-electron chi connectivity index (χ0n) is 56.0. The van der Waals surface area contributed by atoms with Crippen LogP contribution in [0.2, 0.25) is 0 Å². The molecule has 26 nitrogen and oxygen atoms in total. The molecule has 3 aliphatic heterocycles. The maximum Gasteiger partial charge on any atom is 0.410 e. The molecule has 11 N–H and O–H groups in total. The number of nitrogens with one attached hydrogen (secondary N) is 8. The van der Waals surface area contributed by atoms with E-state index in [2.05, 4.69) is 41.5 Å². The molecule has 0 unspecified atom stereocenters. The zero-order valence-corrected chi connectivity index (χ0v) is 56.0. The van der Waals surface area contributed by atoms with Gasteiger partial charge < -0.3 is 50.4 Å². The first-order valence-electron chi connectivity index (χ1n) is 32.5. The Kier molecular flexibility index (Phi) is 23.6. The van der Waals surface area contributed by atoms with E-state index in [0.717, 1.165) is 66.5 Å². The number of likely N-dealkylation sites (tertiary alicyclic amines) is 1. The summed E-state index contributed by atoms with van der Waals surface area (Å²) in [6, 6.07) is 48.7. The number of carbonyl (C=O) groups excluding carboxylic acids is 7. The van der Waals surface area contributed by atoms with Crippen LogP contribution >= 0.6 is 0 Å². The third-order valence-corrected chi connectivity index (χ3v) is 17.0. The lowest BCUT2D eigenvalue weighted by Gasteiger charge is -2.24. The van der Waals surface area contributed by atoms with Crippen molar-refractivity contribution in [2.45, 2.75) is 85.1 Å². The third-order valence-electron chi connectivity index (χ3n) is 17.0. The first-order valence-corrected chi connectivity index (χ1v) is 32.5. The second-order valence-electron chi connectivity index (χ2n) is 25.4. The van der Waals surface area contributed by atoms with Crippen LogP contribution in [0.1, 0.15) is 85.6 Å². The number of rotatable bonds is 18. The molecule has 0 bridgehead atoms. The molecule has 6 heterocycles. The van der Waals surface area contributed by atoms with Crippen LogP contribution in [0, 0.1) is 38.5 Å². The number of nitrogens with zero attached hydrogens (tertiary/aromatic N) is 4. The van der Waals surface area contributed by atoms with Gasteiger partial charge in [-0.1, -0.05) is 54.6 Å². The van der Waals surface area contributed by atoms with Gasteiger partial charge >= 0.3 is 6.09 Å². The predicted octanol–water partition coefficient (Wildman–Crippen LogP) is 7.48. The Balaban J connectivity index is 0.000000163. The minimum absolute atomic E-state index is 0.00218.